The number of para-hydroxylation sites is 1. The predicted molar refractivity (Wildman–Crippen MR) is 67.4 cm³/mol. The standard InChI is InChI=1S/C14H12N2O/c15-13-11-7-2-1-5-9(11)10-6-3-4-8-12(10)16-14(13)17/h1-8,13H,15H2,(H,16,17). The summed E-state index contributed by atoms with van der Waals surface area (Å²) in [5.74, 6) is -0.164. The van der Waals surface area contributed by atoms with Gasteiger partial charge in [-0.05, 0) is 17.2 Å². The van der Waals surface area contributed by atoms with Crippen LogP contribution in [-0.2, 0) is 4.79 Å². The van der Waals surface area contributed by atoms with Crippen LogP contribution < -0.4 is 11.1 Å². The zero-order valence-corrected chi connectivity index (χ0v) is 9.18. The van der Waals surface area contributed by atoms with E-state index in [1.165, 1.54) is 0 Å². The molecule has 3 rings (SSSR count). The van der Waals surface area contributed by atoms with Crippen LogP contribution in [0.4, 0.5) is 5.69 Å². The van der Waals surface area contributed by atoms with Crippen LogP contribution >= 0.6 is 0 Å². The first-order chi connectivity index (χ1) is 8.27. The molecule has 1 unspecified atom stereocenters. The van der Waals surface area contributed by atoms with E-state index >= 15 is 0 Å². The van der Waals surface area contributed by atoms with Crippen LogP contribution in [0.1, 0.15) is 11.6 Å². The molecule has 84 valence electrons. The van der Waals surface area contributed by atoms with Crippen molar-refractivity contribution in [3.63, 3.8) is 0 Å². The lowest BCUT2D eigenvalue weighted by atomic mass is 9.96. The van der Waals surface area contributed by atoms with Gasteiger partial charge in [0.25, 0.3) is 0 Å². The molecule has 3 nitrogen and oxygen atoms in total. The van der Waals surface area contributed by atoms with Gasteiger partial charge >= 0.3 is 0 Å². The number of fused-ring (bicyclic) bond motifs is 3. The molecule has 3 heteroatoms. The van der Waals surface area contributed by atoms with Crippen LogP contribution in [-0.4, -0.2) is 5.91 Å². The normalized spacial score (nSPS) is 17.7. The number of anilines is 1. The largest absolute Gasteiger partial charge is 0.324 e. The highest BCUT2D eigenvalue weighted by molar-refractivity contribution is 6.02. The van der Waals surface area contributed by atoms with E-state index in [4.69, 9.17) is 5.73 Å². The molecule has 1 heterocycles. The summed E-state index contributed by atoms with van der Waals surface area (Å²) >= 11 is 0. The number of amides is 1. The van der Waals surface area contributed by atoms with Crippen molar-refractivity contribution in [1.29, 1.82) is 0 Å². The van der Waals surface area contributed by atoms with Crippen LogP contribution in [0.2, 0.25) is 0 Å². The van der Waals surface area contributed by atoms with Gasteiger partial charge < -0.3 is 11.1 Å². The van der Waals surface area contributed by atoms with Gasteiger partial charge in [-0.25, -0.2) is 0 Å². The molecule has 2 aromatic rings. The summed E-state index contributed by atoms with van der Waals surface area (Å²) in [6, 6.07) is 14.9. The quantitative estimate of drug-likeness (QED) is 0.721. The summed E-state index contributed by atoms with van der Waals surface area (Å²) in [4.78, 5) is 11.9. The van der Waals surface area contributed by atoms with Crippen LogP contribution in [0.25, 0.3) is 11.1 Å². The number of nitrogens with two attached hydrogens (primary N) is 1. The van der Waals surface area contributed by atoms with Crippen molar-refractivity contribution in [1.82, 2.24) is 0 Å². The van der Waals surface area contributed by atoms with E-state index in [9.17, 15) is 4.79 Å². The summed E-state index contributed by atoms with van der Waals surface area (Å²) in [5.41, 5.74) is 9.69. The number of nitrogens with one attached hydrogen (secondary N) is 1. The Morgan fingerprint density at radius 1 is 0.941 bits per heavy atom. The minimum atomic E-state index is -0.612. The minimum Gasteiger partial charge on any atom is -0.324 e. The van der Waals surface area contributed by atoms with Crippen molar-refractivity contribution in [2.24, 2.45) is 5.73 Å². The first-order valence-electron chi connectivity index (χ1n) is 5.52. The van der Waals surface area contributed by atoms with Gasteiger partial charge in [0.15, 0.2) is 0 Å². The zero-order valence-electron chi connectivity index (χ0n) is 9.18. The van der Waals surface area contributed by atoms with Crippen LogP contribution in [0.15, 0.2) is 48.5 Å². The number of hydrogen-bond donors (Lipinski definition) is 2. The number of benzene rings is 2. The second kappa shape index (κ2) is 3.71. The van der Waals surface area contributed by atoms with Gasteiger partial charge in [-0.2, -0.15) is 0 Å². The zero-order chi connectivity index (χ0) is 11.8. The second-order valence-electron chi connectivity index (χ2n) is 4.10. The fraction of sp³-hybridized carbons (Fsp3) is 0.0714. The lowest BCUT2D eigenvalue weighted by Crippen LogP contribution is -2.26. The molecule has 0 radical (unpaired) electrons. The summed E-state index contributed by atoms with van der Waals surface area (Å²) in [7, 11) is 0. The maximum atomic E-state index is 11.9. The Hall–Kier alpha value is -2.13. The summed E-state index contributed by atoms with van der Waals surface area (Å²) in [6.45, 7) is 0. The van der Waals surface area contributed by atoms with Gasteiger partial charge in [0.2, 0.25) is 5.91 Å². The average molecular weight is 224 g/mol. The fourth-order valence-electron chi connectivity index (χ4n) is 2.19. The molecule has 0 aliphatic carbocycles. The molecule has 17 heavy (non-hydrogen) atoms. The molecule has 0 saturated heterocycles. The van der Waals surface area contributed by atoms with Gasteiger partial charge in [-0.15, -0.1) is 0 Å². The maximum absolute atomic E-state index is 11.9. The minimum absolute atomic E-state index is 0.164. The number of carbonyl (C=O) groups excluding carboxylic acids is 1. The predicted octanol–water partition coefficient (Wildman–Crippen LogP) is 2.31. The van der Waals surface area contributed by atoms with Crippen molar-refractivity contribution < 1.29 is 4.79 Å². The van der Waals surface area contributed by atoms with Gasteiger partial charge in [0.1, 0.15) is 6.04 Å². The van der Waals surface area contributed by atoms with E-state index < -0.39 is 6.04 Å². The Labute approximate surface area is 99.3 Å². The van der Waals surface area contributed by atoms with Gasteiger partial charge in [-0.1, -0.05) is 42.5 Å². The van der Waals surface area contributed by atoms with E-state index in [1.54, 1.807) is 0 Å². The third-order valence-electron chi connectivity index (χ3n) is 3.05. The third kappa shape index (κ3) is 1.52. The highest BCUT2D eigenvalue weighted by Gasteiger charge is 2.24. The topological polar surface area (TPSA) is 55.1 Å². The lowest BCUT2D eigenvalue weighted by Gasteiger charge is -2.10. The molecular weight excluding hydrogens is 212 g/mol. The monoisotopic (exact) mass is 224 g/mol. The van der Waals surface area contributed by atoms with Gasteiger partial charge in [0.05, 0.1) is 0 Å². The van der Waals surface area contributed by atoms with E-state index in [1.807, 2.05) is 48.5 Å². The fourth-order valence-corrected chi connectivity index (χ4v) is 2.19. The molecule has 0 spiro atoms. The Morgan fingerprint density at radius 2 is 1.59 bits per heavy atom. The Morgan fingerprint density at radius 3 is 2.41 bits per heavy atom. The number of hydrogen-bond acceptors (Lipinski definition) is 2. The van der Waals surface area contributed by atoms with Gasteiger partial charge in [0, 0.05) is 11.3 Å². The SMILES string of the molecule is NC1C(=O)Nc2ccccc2-c2ccccc21. The lowest BCUT2D eigenvalue weighted by molar-refractivity contribution is -0.117. The van der Waals surface area contributed by atoms with Crippen LogP contribution in [0.5, 0.6) is 0 Å². The molecule has 1 aliphatic rings. The molecular formula is C14H12N2O. The second-order valence-corrected chi connectivity index (χ2v) is 4.10. The van der Waals surface area contributed by atoms with Gasteiger partial charge in [-0.3, -0.25) is 4.79 Å². The number of carbonyl (C=O) groups is 1. The van der Waals surface area contributed by atoms with Crippen molar-refractivity contribution >= 4 is 11.6 Å². The van der Waals surface area contributed by atoms with Crippen molar-refractivity contribution in [3.05, 3.63) is 54.1 Å². The molecule has 0 bridgehead atoms. The smallest absolute Gasteiger partial charge is 0.245 e. The molecule has 3 N–H and O–H groups in total. The molecule has 0 saturated carbocycles. The van der Waals surface area contributed by atoms with Crippen LogP contribution in [0, 0.1) is 0 Å². The first kappa shape index (κ1) is 10.1. The molecule has 0 aromatic heterocycles. The maximum Gasteiger partial charge on any atom is 0.245 e. The van der Waals surface area contributed by atoms with E-state index in [0.29, 0.717) is 0 Å². The Bertz CT molecular complexity index is 592. The van der Waals surface area contributed by atoms with E-state index in [2.05, 4.69) is 5.32 Å². The van der Waals surface area contributed by atoms with E-state index in [0.717, 1.165) is 22.4 Å². The molecule has 1 atom stereocenters. The molecule has 0 fully saturated rings. The third-order valence-corrected chi connectivity index (χ3v) is 3.05. The highest BCUT2D eigenvalue weighted by atomic mass is 16.2. The molecule has 1 amide bonds. The molecule has 2 aromatic carbocycles. The summed E-state index contributed by atoms with van der Waals surface area (Å²) in [5, 5.41) is 2.86. The highest BCUT2D eigenvalue weighted by Crippen LogP contribution is 2.35. The van der Waals surface area contributed by atoms with Crippen molar-refractivity contribution in [3.8, 4) is 11.1 Å². The summed E-state index contributed by atoms with van der Waals surface area (Å²) in [6.07, 6.45) is 0. The van der Waals surface area contributed by atoms with E-state index in [-0.39, 0.29) is 5.91 Å². The van der Waals surface area contributed by atoms with Crippen LogP contribution in [0.3, 0.4) is 0 Å². The average Bonchev–Trinajstić information content (AvgIpc) is 2.48. The summed E-state index contributed by atoms with van der Waals surface area (Å²) < 4.78 is 0. The number of rotatable bonds is 0. The Balaban J connectivity index is 2.33. The molecule has 1 aliphatic heterocycles. The first-order valence-corrected chi connectivity index (χ1v) is 5.52. The van der Waals surface area contributed by atoms with Crippen molar-refractivity contribution in [2.75, 3.05) is 5.32 Å². The van der Waals surface area contributed by atoms with Crippen molar-refractivity contribution in [2.45, 2.75) is 6.04 Å². The Kier molecular flexibility index (Phi) is 2.20.